The van der Waals surface area contributed by atoms with Crippen molar-refractivity contribution in [3.05, 3.63) is 64.0 Å². The molecule has 20 heavy (non-hydrogen) atoms. The second kappa shape index (κ2) is 5.39. The maximum absolute atomic E-state index is 13.3. The van der Waals surface area contributed by atoms with E-state index >= 15 is 0 Å². The Hall–Kier alpha value is -2.90. The Balaban J connectivity index is 2.27. The van der Waals surface area contributed by atoms with Crippen LogP contribution in [0.2, 0.25) is 0 Å². The molecule has 2 rings (SSSR count). The Labute approximate surface area is 111 Å². The number of amides is 1. The number of carbonyl (C=O) groups excluding carboxylic acids is 1. The summed E-state index contributed by atoms with van der Waals surface area (Å²) < 4.78 is 26.4. The van der Waals surface area contributed by atoms with E-state index in [-0.39, 0.29) is 11.3 Å². The predicted molar refractivity (Wildman–Crippen MR) is 65.2 cm³/mol. The standard InChI is InChI=1S/C12H7F2N3O3/c13-9-2-1-7(5-11(9)17(19)20)16-12(18)8-3-4-15-6-10(8)14/h1-6H,(H,16,18). The number of nitrogens with one attached hydrogen (secondary N) is 1. The zero-order valence-electron chi connectivity index (χ0n) is 9.84. The van der Waals surface area contributed by atoms with Crippen molar-refractivity contribution in [3.8, 4) is 0 Å². The molecule has 1 heterocycles. The second-order valence-electron chi connectivity index (χ2n) is 3.73. The highest BCUT2D eigenvalue weighted by Crippen LogP contribution is 2.22. The summed E-state index contributed by atoms with van der Waals surface area (Å²) in [6, 6.07) is 3.99. The van der Waals surface area contributed by atoms with Crippen LogP contribution in [0, 0.1) is 21.7 Å². The van der Waals surface area contributed by atoms with Crippen LogP contribution in [0.5, 0.6) is 0 Å². The van der Waals surface area contributed by atoms with E-state index in [0.717, 1.165) is 30.5 Å². The number of carbonyl (C=O) groups is 1. The molecule has 0 radical (unpaired) electrons. The number of hydrogen-bond acceptors (Lipinski definition) is 4. The molecule has 0 atom stereocenters. The molecule has 8 heteroatoms. The number of nitro benzene ring substituents is 1. The zero-order valence-corrected chi connectivity index (χ0v) is 9.84. The average molecular weight is 279 g/mol. The number of anilines is 1. The first-order valence-corrected chi connectivity index (χ1v) is 5.34. The van der Waals surface area contributed by atoms with E-state index in [4.69, 9.17) is 0 Å². The average Bonchev–Trinajstić information content (AvgIpc) is 2.41. The van der Waals surface area contributed by atoms with Gasteiger partial charge in [-0.2, -0.15) is 4.39 Å². The van der Waals surface area contributed by atoms with E-state index in [0.29, 0.717) is 0 Å². The van der Waals surface area contributed by atoms with Crippen LogP contribution in [-0.2, 0) is 0 Å². The lowest BCUT2D eigenvalue weighted by atomic mass is 10.2. The lowest BCUT2D eigenvalue weighted by Crippen LogP contribution is -2.14. The van der Waals surface area contributed by atoms with Crippen LogP contribution in [0.25, 0.3) is 0 Å². The molecular weight excluding hydrogens is 272 g/mol. The van der Waals surface area contributed by atoms with Crippen molar-refractivity contribution in [1.29, 1.82) is 0 Å². The molecule has 0 aliphatic rings. The first kappa shape index (κ1) is 13.5. The molecule has 1 aromatic carbocycles. The molecule has 0 spiro atoms. The smallest absolute Gasteiger partial charge is 0.306 e. The van der Waals surface area contributed by atoms with Crippen molar-refractivity contribution in [1.82, 2.24) is 4.98 Å². The summed E-state index contributed by atoms with van der Waals surface area (Å²) in [5.74, 6) is -2.67. The topological polar surface area (TPSA) is 85.1 Å². The highest BCUT2D eigenvalue weighted by molar-refractivity contribution is 6.04. The highest BCUT2D eigenvalue weighted by Gasteiger charge is 2.17. The Kier molecular flexibility index (Phi) is 3.65. The minimum absolute atomic E-state index is 0.0145. The molecule has 0 aliphatic heterocycles. The molecule has 6 nitrogen and oxygen atoms in total. The lowest BCUT2D eigenvalue weighted by molar-refractivity contribution is -0.387. The maximum atomic E-state index is 13.3. The largest absolute Gasteiger partial charge is 0.322 e. The van der Waals surface area contributed by atoms with Gasteiger partial charge in [-0.05, 0) is 18.2 Å². The monoisotopic (exact) mass is 279 g/mol. The fourth-order valence-corrected chi connectivity index (χ4v) is 1.49. The van der Waals surface area contributed by atoms with Crippen molar-refractivity contribution >= 4 is 17.3 Å². The summed E-state index contributed by atoms with van der Waals surface area (Å²) in [5, 5.41) is 12.8. The SMILES string of the molecule is O=C(Nc1ccc(F)c([N+](=O)[O-])c1)c1ccncc1F. The van der Waals surface area contributed by atoms with Crippen LogP contribution in [-0.4, -0.2) is 15.8 Å². The Morgan fingerprint density at radius 1 is 1.25 bits per heavy atom. The molecule has 0 aliphatic carbocycles. The van der Waals surface area contributed by atoms with Gasteiger partial charge in [-0.3, -0.25) is 19.9 Å². The van der Waals surface area contributed by atoms with Crippen molar-refractivity contribution in [2.75, 3.05) is 5.32 Å². The molecule has 0 unspecified atom stereocenters. The van der Waals surface area contributed by atoms with Gasteiger partial charge in [0.25, 0.3) is 5.91 Å². The number of halogens is 2. The van der Waals surface area contributed by atoms with Crippen LogP contribution in [0.15, 0.2) is 36.7 Å². The number of hydrogen-bond donors (Lipinski definition) is 1. The van der Waals surface area contributed by atoms with Gasteiger partial charge in [0.15, 0.2) is 5.82 Å². The number of benzene rings is 1. The third-order valence-corrected chi connectivity index (χ3v) is 2.42. The van der Waals surface area contributed by atoms with Gasteiger partial charge in [0.05, 0.1) is 16.7 Å². The van der Waals surface area contributed by atoms with E-state index in [1.165, 1.54) is 6.20 Å². The summed E-state index contributed by atoms with van der Waals surface area (Å²) in [7, 11) is 0. The van der Waals surface area contributed by atoms with Gasteiger partial charge in [0.2, 0.25) is 5.82 Å². The van der Waals surface area contributed by atoms with Crippen molar-refractivity contribution < 1.29 is 18.5 Å². The molecule has 102 valence electrons. The van der Waals surface area contributed by atoms with Crippen LogP contribution in [0.1, 0.15) is 10.4 Å². The Morgan fingerprint density at radius 2 is 2.00 bits per heavy atom. The van der Waals surface area contributed by atoms with Gasteiger partial charge in [-0.1, -0.05) is 0 Å². The van der Waals surface area contributed by atoms with E-state index in [1.807, 2.05) is 0 Å². The fourth-order valence-electron chi connectivity index (χ4n) is 1.49. The van der Waals surface area contributed by atoms with E-state index in [1.54, 1.807) is 0 Å². The van der Waals surface area contributed by atoms with Crippen LogP contribution in [0.3, 0.4) is 0 Å². The maximum Gasteiger partial charge on any atom is 0.306 e. The molecule has 2 aromatic rings. The number of aromatic nitrogens is 1. The quantitative estimate of drug-likeness (QED) is 0.691. The van der Waals surface area contributed by atoms with E-state index in [9.17, 15) is 23.7 Å². The molecular formula is C12H7F2N3O3. The summed E-state index contributed by atoms with van der Waals surface area (Å²) in [6.45, 7) is 0. The summed E-state index contributed by atoms with van der Waals surface area (Å²) in [6.07, 6.45) is 2.09. The normalized spacial score (nSPS) is 10.1. The Bertz CT molecular complexity index is 691. The fraction of sp³-hybridized carbons (Fsp3) is 0. The van der Waals surface area contributed by atoms with Crippen LogP contribution >= 0.6 is 0 Å². The van der Waals surface area contributed by atoms with E-state index < -0.39 is 28.2 Å². The van der Waals surface area contributed by atoms with Crippen molar-refractivity contribution in [3.63, 3.8) is 0 Å². The second-order valence-corrected chi connectivity index (χ2v) is 3.73. The minimum Gasteiger partial charge on any atom is -0.322 e. The van der Waals surface area contributed by atoms with Gasteiger partial charge in [0, 0.05) is 18.0 Å². The van der Waals surface area contributed by atoms with Gasteiger partial charge in [-0.25, -0.2) is 4.39 Å². The van der Waals surface area contributed by atoms with Gasteiger partial charge < -0.3 is 5.32 Å². The zero-order chi connectivity index (χ0) is 14.7. The lowest BCUT2D eigenvalue weighted by Gasteiger charge is -2.05. The van der Waals surface area contributed by atoms with Gasteiger partial charge in [-0.15, -0.1) is 0 Å². The highest BCUT2D eigenvalue weighted by atomic mass is 19.1. The summed E-state index contributed by atoms with van der Waals surface area (Å²) >= 11 is 0. The van der Waals surface area contributed by atoms with Gasteiger partial charge in [0.1, 0.15) is 0 Å². The molecule has 0 saturated carbocycles. The first-order valence-electron chi connectivity index (χ1n) is 5.34. The van der Waals surface area contributed by atoms with Gasteiger partial charge >= 0.3 is 5.69 Å². The number of nitrogens with zero attached hydrogens (tertiary/aromatic N) is 2. The minimum atomic E-state index is -1.02. The van der Waals surface area contributed by atoms with Crippen LogP contribution in [0.4, 0.5) is 20.2 Å². The van der Waals surface area contributed by atoms with E-state index in [2.05, 4.69) is 10.3 Å². The molecule has 1 aromatic heterocycles. The van der Waals surface area contributed by atoms with Crippen molar-refractivity contribution in [2.24, 2.45) is 0 Å². The van der Waals surface area contributed by atoms with Crippen molar-refractivity contribution in [2.45, 2.75) is 0 Å². The predicted octanol–water partition coefficient (Wildman–Crippen LogP) is 2.52. The molecule has 0 bridgehead atoms. The Morgan fingerprint density at radius 3 is 2.65 bits per heavy atom. The molecule has 0 fully saturated rings. The number of rotatable bonds is 3. The number of nitro groups is 1. The summed E-state index contributed by atoms with van der Waals surface area (Å²) in [4.78, 5) is 24.9. The number of pyridine rings is 1. The third-order valence-electron chi connectivity index (χ3n) is 2.42. The first-order chi connectivity index (χ1) is 9.49. The molecule has 0 saturated heterocycles. The molecule has 1 N–H and O–H groups in total. The third kappa shape index (κ3) is 2.74. The molecule has 1 amide bonds. The summed E-state index contributed by atoms with van der Waals surface area (Å²) in [5.41, 5.74) is -1.07. The van der Waals surface area contributed by atoms with Crippen LogP contribution < -0.4 is 5.32 Å².